The molecule has 5 N–H and O–H groups in total. The van der Waals surface area contributed by atoms with Crippen molar-refractivity contribution in [1.29, 1.82) is 0 Å². The van der Waals surface area contributed by atoms with E-state index in [1.807, 2.05) is 0 Å². The number of nitrogens with one attached hydrogen (secondary N) is 1. The van der Waals surface area contributed by atoms with Crippen molar-refractivity contribution < 1.29 is 46.6 Å². The minimum Gasteiger partial charge on any atom is -0.478 e. The van der Waals surface area contributed by atoms with Crippen LogP contribution in [0.3, 0.4) is 0 Å². The van der Waals surface area contributed by atoms with Crippen LogP contribution in [0.4, 0.5) is 11.0 Å². The Hall–Kier alpha value is -4.10. The van der Waals surface area contributed by atoms with Gasteiger partial charge in [0.15, 0.2) is 10.8 Å². The first-order valence-electron chi connectivity index (χ1n) is 9.56. The lowest BCUT2D eigenvalue weighted by atomic mass is 10.0. The molecule has 17 nitrogen and oxygen atoms in total. The molecule has 1 saturated heterocycles. The number of rotatable bonds is 8. The number of carbonyl (C=O) groups excluding carboxylic acids is 2. The molecule has 0 saturated carbocycles. The van der Waals surface area contributed by atoms with Gasteiger partial charge in [-0.1, -0.05) is 5.16 Å². The molecule has 0 radical (unpaired) electrons. The predicted molar refractivity (Wildman–Crippen MR) is 121 cm³/mol. The molecule has 2 atom stereocenters. The highest BCUT2D eigenvalue weighted by atomic mass is 32.2. The number of nitrogen functional groups attached to an aromatic ring is 1. The van der Waals surface area contributed by atoms with Crippen LogP contribution in [-0.2, 0) is 29.5 Å². The molecule has 0 unspecified atom stereocenters. The summed E-state index contributed by atoms with van der Waals surface area (Å²) >= 11 is 0.980. The second-order valence-corrected chi connectivity index (χ2v) is 9.61. The molecule has 1 aliphatic heterocycles. The van der Waals surface area contributed by atoms with Crippen molar-refractivity contribution >= 4 is 56.2 Å². The first-order valence-corrected chi connectivity index (χ1v) is 11.8. The summed E-state index contributed by atoms with van der Waals surface area (Å²) in [5, 5.41) is 26.1. The number of furan rings is 1. The maximum Gasteiger partial charge on any atom is 0.432 e. The quantitative estimate of drug-likeness (QED) is 0.112. The van der Waals surface area contributed by atoms with Crippen molar-refractivity contribution in [1.82, 2.24) is 14.6 Å². The van der Waals surface area contributed by atoms with E-state index in [1.54, 1.807) is 0 Å². The number of carboxylic acids is 1. The summed E-state index contributed by atoms with van der Waals surface area (Å²) in [7, 11) is -4.76. The number of aliphatic carboxylic acids is 1. The largest absolute Gasteiger partial charge is 0.478 e. The SMILES string of the molecule is C[C@H]1[C@H](NC(=O)C(=NOC(C)(C)C(=O)O)c2csc(N)n2)C(=O)N1S(=O)(=O)O.O=[N+]([O-])c1ccco1. The van der Waals surface area contributed by atoms with Crippen molar-refractivity contribution in [2.75, 3.05) is 5.73 Å². The van der Waals surface area contributed by atoms with Crippen molar-refractivity contribution in [3.05, 3.63) is 39.6 Å². The number of carbonyl (C=O) groups is 3. The smallest absolute Gasteiger partial charge is 0.432 e. The zero-order valence-corrected chi connectivity index (χ0v) is 20.3. The summed E-state index contributed by atoms with van der Waals surface area (Å²) in [6, 6.07) is 0.450. The van der Waals surface area contributed by atoms with Gasteiger partial charge in [-0.05, 0) is 26.8 Å². The molecule has 2 aromatic heterocycles. The monoisotopic (exact) mass is 548 g/mol. The fraction of sp³-hybridized carbons (Fsp3) is 0.353. The number of hydrogen-bond donors (Lipinski definition) is 4. The molecule has 0 bridgehead atoms. The molecule has 19 heteroatoms. The molecule has 1 aliphatic rings. The van der Waals surface area contributed by atoms with Crippen molar-refractivity contribution in [3.8, 4) is 0 Å². The number of thiazole rings is 1. The third kappa shape index (κ3) is 6.52. The zero-order valence-electron chi connectivity index (χ0n) is 18.7. The normalized spacial score (nSPS) is 17.9. The average Bonchev–Trinajstić information content (AvgIpc) is 3.44. The van der Waals surface area contributed by atoms with Crippen LogP contribution < -0.4 is 11.1 Å². The third-order valence-electron chi connectivity index (χ3n) is 4.42. The number of nitrogens with zero attached hydrogens (tertiary/aromatic N) is 4. The maximum atomic E-state index is 12.6. The van der Waals surface area contributed by atoms with Crippen molar-refractivity contribution in [2.24, 2.45) is 5.16 Å². The molecular formula is C17H20N6O11S2. The number of anilines is 1. The number of hydrogen-bond acceptors (Lipinski definition) is 13. The second kappa shape index (κ2) is 10.7. The van der Waals surface area contributed by atoms with Gasteiger partial charge in [0.1, 0.15) is 16.7 Å². The van der Waals surface area contributed by atoms with Crippen LogP contribution in [0.5, 0.6) is 0 Å². The van der Waals surface area contributed by atoms with E-state index in [1.165, 1.54) is 44.5 Å². The summed E-state index contributed by atoms with van der Waals surface area (Å²) in [4.78, 5) is 53.6. The van der Waals surface area contributed by atoms with E-state index < -0.39 is 56.4 Å². The number of amides is 2. The number of β-lactam (4-membered cyclic amide) rings is 1. The standard InChI is InChI=1S/C13H17N5O8S2.C4H3NO3/c1-5-7(10(20)18(5)28(23,24)25)16-9(19)8(6-4-27-12(14)15-6)17-26-13(2,3)11(21)22;6-5(7)4-2-1-3-8-4/h4-5,7H,1-3H3,(H2,14,15)(H,16,19)(H,21,22)(H,23,24,25);1-3H/t5-,7-;/m0./s1. The lowest BCUT2D eigenvalue weighted by Crippen LogP contribution is -2.71. The highest BCUT2D eigenvalue weighted by Crippen LogP contribution is 2.23. The van der Waals surface area contributed by atoms with Crippen LogP contribution in [0.15, 0.2) is 33.3 Å². The molecule has 36 heavy (non-hydrogen) atoms. The highest BCUT2D eigenvalue weighted by Gasteiger charge is 2.51. The molecule has 0 aliphatic carbocycles. The van der Waals surface area contributed by atoms with Crippen molar-refractivity contribution in [2.45, 2.75) is 38.5 Å². The fourth-order valence-electron chi connectivity index (χ4n) is 2.49. The van der Waals surface area contributed by atoms with Crippen LogP contribution in [0, 0.1) is 10.1 Å². The summed E-state index contributed by atoms with van der Waals surface area (Å²) in [6.07, 6.45) is 1.26. The van der Waals surface area contributed by atoms with Gasteiger partial charge >= 0.3 is 22.2 Å². The van der Waals surface area contributed by atoms with Gasteiger partial charge in [-0.3, -0.25) is 24.3 Å². The van der Waals surface area contributed by atoms with Crippen LogP contribution in [0.1, 0.15) is 26.5 Å². The maximum absolute atomic E-state index is 12.6. The Morgan fingerprint density at radius 1 is 1.44 bits per heavy atom. The van der Waals surface area contributed by atoms with E-state index >= 15 is 0 Å². The van der Waals surface area contributed by atoms with Gasteiger partial charge in [0, 0.05) is 5.38 Å². The number of aromatic nitrogens is 1. The number of carboxylic acid groups (broad SMARTS) is 1. The lowest BCUT2D eigenvalue weighted by Gasteiger charge is -2.42. The fourth-order valence-corrected chi connectivity index (χ4v) is 3.92. The molecule has 1 fully saturated rings. The summed E-state index contributed by atoms with van der Waals surface area (Å²) in [5.41, 5.74) is 3.26. The molecule has 2 aromatic rings. The zero-order chi connectivity index (χ0) is 27.4. The average molecular weight is 549 g/mol. The number of nitro groups is 1. The Morgan fingerprint density at radius 2 is 2.08 bits per heavy atom. The Labute approximate surface area is 206 Å². The number of nitrogens with two attached hydrogens (primary N) is 1. The van der Waals surface area contributed by atoms with Gasteiger partial charge in [0.05, 0.1) is 18.4 Å². The van der Waals surface area contributed by atoms with Crippen LogP contribution in [0.2, 0.25) is 0 Å². The number of oxime groups is 1. The minimum atomic E-state index is -4.76. The highest BCUT2D eigenvalue weighted by molar-refractivity contribution is 7.84. The van der Waals surface area contributed by atoms with E-state index in [2.05, 4.69) is 19.9 Å². The summed E-state index contributed by atoms with van der Waals surface area (Å²) < 4.78 is 35.8. The summed E-state index contributed by atoms with van der Waals surface area (Å²) in [6.45, 7) is 3.69. The van der Waals surface area contributed by atoms with E-state index in [0.717, 1.165) is 11.3 Å². The molecule has 0 aromatic carbocycles. The molecule has 196 valence electrons. The predicted octanol–water partition coefficient (Wildman–Crippen LogP) is 0.0153. The first kappa shape index (κ1) is 28.1. The molecular weight excluding hydrogens is 528 g/mol. The van der Waals surface area contributed by atoms with Gasteiger partial charge in [0.25, 0.3) is 11.8 Å². The van der Waals surface area contributed by atoms with E-state index in [9.17, 15) is 32.9 Å². The second-order valence-electron chi connectivity index (χ2n) is 7.43. The van der Waals surface area contributed by atoms with E-state index in [-0.39, 0.29) is 21.0 Å². The van der Waals surface area contributed by atoms with Gasteiger partial charge < -0.3 is 25.4 Å². The van der Waals surface area contributed by atoms with Gasteiger partial charge in [-0.15, -0.1) is 11.3 Å². The Kier molecular flexibility index (Phi) is 8.33. The third-order valence-corrected chi connectivity index (χ3v) is 6.10. The topological polar surface area (TPSA) is 258 Å². The lowest BCUT2D eigenvalue weighted by molar-refractivity contribution is -0.402. The van der Waals surface area contributed by atoms with Gasteiger partial charge in [-0.2, -0.15) is 8.42 Å². The van der Waals surface area contributed by atoms with Crippen LogP contribution >= 0.6 is 11.3 Å². The van der Waals surface area contributed by atoms with Gasteiger partial charge in [0.2, 0.25) is 5.60 Å². The van der Waals surface area contributed by atoms with Crippen molar-refractivity contribution in [3.63, 3.8) is 0 Å². The van der Waals surface area contributed by atoms with Gasteiger partial charge in [-0.25, -0.2) is 14.1 Å². The van der Waals surface area contributed by atoms with Crippen LogP contribution in [-0.4, -0.2) is 73.5 Å². The molecule has 3 heterocycles. The molecule has 3 rings (SSSR count). The minimum absolute atomic E-state index is 0.0350. The van der Waals surface area contributed by atoms with Crippen LogP contribution in [0.25, 0.3) is 0 Å². The summed E-state index contributed by atoms with van der Waals surface area (Å²) in [5.74, 6) is -3.59. The Balaban J connectivity index is 0.000000482. The van der Waals surface area contributed by atoms with E-state index in [0.29, 0.717) is 0 Å². The Bertz CT molecular complexity index is 1290. The Morgan fingerprint density at radius 3 is 2.47 bits per heavy atom. The van der Waals surface area contributed by atoms with E-state index in [4.69, 9.17) is 20.2 Å². The first-order chi connectivity index (χ1) is 16.6. The molecule has 2 amide bonds. The molecule has 0 spiro atoms.